The Morgan fingerprint density at radius 2 is 2.05 bits per heavy atom. The number of aromatic amines is 1. The van der Waals surface area contributed by atoms with Gasteiger partial charge in [0.2, 0.25) is 0 Å². The Morgan fingerprint density at radius 1 is 1.25 bits per heavy atom. The first-order valence-electron chi connectivity index (χ1n) is 5.96. The molecule has 3 N–H and O–H groups in total. The Kier molecular flexibility index (Phi) is 2.87. The van der Waals surface area contributed by atoms with Crippen molar-refractivity contribution in [2.75, 3.05) is 0 Å². The molecular formula is C14H11N3O2S. The number of hydrogen-bond donors (Lipinski definition) is 2. The van der Waals surface area contributed by atoms with Crippen LogP contribution in [0.25, 0.3) is 21.7 Å². The molecule has 0 atom stereocenters. The molecule has 1 aromatic carbocycles. The summed E-state index contributed by atoms with van der Waals surface area (Å²) < 4.78 is 0. The summed E-state index contributed by atoms with van der Waals surface area (Å²) in [6, 6.07) is 8.83. The number of amides is 1. The predicted molar refractivity (Wildman–Crippen MR) is 77.9 cm³/mol. The van der Waals surface area contributed by atoms with Crippen molar-refractivity contribution in [2.24, 2.45) is 5.73 Å². The monoisotopic (exact) mass is 285 g/mol. The van der Waals surface area contributed by atoms with Crippen molar-refractivity contribution in [3.8, 4) is 10.7 Å². The van der Waals surface area contributed by atoms with E-state index in [-0.39, 0.29) is 5.78 Å². The van der Waals surface area contributed by atoms with Crippen LogP contribution in [0.5, 0.6) is 0 Å². The standard InChI is InChI=1S/C14H11N3O2S/c1-7(18)10-5-6-11(20-10)14-16-9-4-2-3-8(13(15)19)12(9)17-14/h2-6H,1H3,(H2,15,19)(H,16,17). The molecule has 100 valence electrons. The second-order valence-electron chi connectivity index (χ2n) is 4.37. The summed E-state index contributed by atoms with van der Waals surface area (Å²) in [4.78, 5) is 31.8. The average molecular weight is 285 g/mol. The highest BCUT2D eigenvalue weighted by atomic mass is 32.1. The molecule has 0 fully saturated rings. The largest absolute Gasteiger partial charge is 0.366 e. The van der Waals surface area contributed by atoms with Gasteiger partial charge in [0.15, 0.2) is 5.78 Å². The zero-order chi connectivity index (χ0) is 14.3. The molecular weight excluding hydrogens is 274 g/mol. The molecule has 20 heavy (non-hydrogen) atoms. The number of fused-ring (bicyclic) bond motifs is 1. The number of carbonyl (C=O) groups excluding carboxylic acids is 2. The fourth-order valence-electron chi connectivity index (χ4n) is 2.00. The van der Waals surface area contributed by atoms with Gasteiger partial charge >= 0.3 is 0 Å². The quantitative estimate of drug-likeness (QED) is 0.725. The van der Waals surface area contributed by atoms with E-state index in [4.69, 9.17) is 5.73 Å². The van der Waals surface area contributed by atoms with Gasteiger partial charge in [-0.1, -0.05) is 6.07 Å². The second-order valence-corrected chi connectivity index (χ2v) is 5.46. The summed E-state index contributed by atoms with van der Waals surface area (Å²) in [5.41, 5.74) is 7.01. The molecule has 0 saturated carbocycles. The number of Topliss-reactive ketones (excluding diaryl/α,β-unsaturated/α-hetero) is 1. The lowest BCUT2D eigenvalue weighted by atomic mass is 10.2. The van der Waals surface area contributed by atoms with Crippen LogP contribution in [0.15, 0.2) is 30.3 Å². The Hall–Kier alpha value is -2.47. The van der Waals surface area contributed by atoms with Crippen molar-refractivity contribution in [2.45, 2.75) is 6.92 Å². The summed E-state index contributed by atoms with van der Waals surface area (Å²) in [7, 11) is 0. The minimum absolute atomic E-state index is 0.0233. The maximum Gasteiger partial charge on any atom is 0.250 e. The van der Waals surface area contributed by atoms with Crippen molar-refractivity contribution >= 4 is 34.1 Å². The molecule has 0 aliphatic rings. The highest BCUT2D eigenvalue weighted by Gasteiger charge is 2.14. The highest BCUT2D eigenvalue weighted by molar-refractivity contribution is 7.17. The van der Waals surface area contributed by atoms with E-state index < -0.39 is 5.91 Å². The van der Waals surface area contributed by atoms with Crippen molar-refractivity contribution in [3.63, 3.8) is 0 Å². The summed E-state index contributed by atoms with van der Waals surface area (Å²) in [6.07, 6.45) is 0. The molecule has 1 amide bonds. The van der Waals surface area contributed by atoms with Gasteiger partial charge in [-0.3, -0.25) is 9.59 Å². The molecule has 3 aromatic rings. The lowest BCUT2D eigenvalue weighted by Crippen LogP contribution is -2.11. The first-order valence-corrected chi connectivity index (χ1v) is 6.77. The minimum Gasteiger partial charge on any atom is -0.366 e. The number of aromatic nitrogens is 2. The Bertz CT molecular complexity index is 832. The summed E-state index contributed by atoms with van der Waals surface area (Å²) in [5.74, 6) is 0.144. The first kappa shape index (κ1) is 12.6. The molecule has 0 saturated heterocycles. The topological polar surface area (TPSA) is 88.8 Å². The summed E-state index contributed by atoms with van der Waals surface area (Å²) >= 11 is 1.36. The van der Waals surface area contributed by atoms with Gasteiger partial charge in [-0.25, -0.2) is 4.98 Å². The number of thiophene rings is 1. The van der Waals surface area contributed by atoms with Crippen LogP contribution >= 0.6 is 11.3 Å². The molecule has 3 rings (SSSR count). The molecule has 0 bridgehead atoms. The summed E-state index contributed by atoms with van der Waals surface area (Å²) in [5, 5.41) is 0. The fraction of sp³-hybridized carbons (Fsp3) is 0.0714. The van der Waals surface area contributed by atoms with E-state index in [1.165, 1.54) is 18.3 Å². The second kappa shape index (κ2) is 4.57. The molecule has 0 unspecified atom stereocenters. The molecule has 0 radical (unpaired) electrons. The molecule has 6 heteroatoms. The van der Waals surface area contributed by atoms with Crippen LogP contribution in [0.4, 0.5) is 0 Å². The lowest BCUT2D eigenvalue weighted by Gasteiger charge is -1.94. The van der Waals surface area contributed by atoms with E-state index in [2.05, 4.69) is 9.97 Å². The fourth-order valence-corrected chi connectivity index (χ4v) is 2.85. The third kappa shape index (κ3) is 2.00. The normalized spacial score (nSPS) is 10.8. The molecule has 5 nitrogen and oxygen atoms in total. The lowest BCUT2D eigenvalue weighted by molar-refractivity contribution is 0.0998. The Morgan fingerprint density at radius 3 is 2.70 bits per heavy atom. The third-order valence-corrected chi connectivity index (χ3v) is 4.16. The predicted octanol–water partition coefficient (Wildman–Crippen LogP) is 2.59. The molecule has 0 aliphatic heterocycles. The molecule has 2 heterocycles. The minimum atomic E-state index is -0.510. The van der Waals surface area contributed by atoms with Gasteiger partial charge in [0.1, 0.15) is 11.3 Å². The number of nitrogens with zero attached hydrogens (tertiary/aromatic N) is 1. The van der Waals surface area contributed by atoms with Crippen LogP contribution in [0, 0.1) is 0 Å². The van der Waals surface area contributed by atoms with E-state index in [0.29, 0.717) is 21.8 Å². The van der Waals surface area contributed by atoms with E-state index in [1.807, 2.05) is 12.1 Å². The van der Waals surface area contributed by atoms with Crippen molar-refractivity contribution in [1.82, 2.24) is 9.97 Å². The Labute approximate surface area is 118 Å². The van der Waals surface area contributed by atoms with Crippen LogP contribution in [0.1, 0.15) is 27.0 Å². The van der Waals surface area contributed by atoms with Gasteiger partial charge < -0.3 is 10.7 Å². The Balaban J connectivity index is 2.15. The number of ketones is 1. The average Bonchev–Trinajstić information content (AvgIpc) is 3.04. The van der Waals surface area contributed by atoms with Gasteiger partial charge in [-0.05, 0) is 31.2 Å². The summed E-state index contributed by atoms with van der Waals surface area (Å²) in [6.45, 7) is 1.53. The number of primary amides is 1. The number of benzene rings is 1. The van der Waals surface area contributed by atoms with Gasteiger partial charge in [0.25, 0.3) is 5.91 Å². The van der Waals surface area contributed by atoms with Crippen LogP contribution in [-0.4, -0.2) is 21.7 Å². The number of H-pyrrole nitrogens is 1. The number of nitrogens with one attached hydrogen (secondary N) is 1. The van der Waals surface area contributed by atoms with E-state index >= 15 is 0 Å². The van der Waals surface area contributed by atoms with Crippen LogP contribution < -0.4 is 5.73 Å². The maximum absolute atomic E-state index is 11.4. The van der Waals surface area contributed by atoms with E-state index in [0.717, 1.165) is 10.4 Å². The maximum atomic E-state index is 11.4. The van der Waals surface area contributed by atoms with Crippen LogP contribution in [0.2, 0.25) is 0 Å². The van der Waals surface area contributed by atoms with E-state index in [9.17, 15) is 9.59 Å². The number of nitrogens with two attached hydrogens (primary N) is 1. The number of rotatable bonds is 3. The third-order valence-electron chi connectivity index (χ3n) is 2.96. The van der Waals surface area contributed by atoms with Crippen molar-refractivity contribution in [3.05, 3.63) is 40.8 Å². The van der Waals surface area contributed by atoms with Crippen molar-refractivity contribution < 1.29 is 9.59 Å². The zero-order valence-electron chi connectivity index (χ0n) is 10.6. The van der Waals surface area contributed by atoms with E-state index in [1.54, 1.807) is 18.2 Å². The highest BCUT2D eigenvalue weighted by Crippen LogP contribution is 2.28. The van der Waals surface area contributed by atoms with Crippen LogP contribution in [-0.2, 0) is 0 Å². The van der Waals surface area contributed by atoms with Crippen molar-refractivity contribution in [1.29, 1.82) is 0 Å². The SMILES string of the molecule is CC(=O)c1ccc(-c2nc3c(C(N)=O)cccc3[nH]2)s1. The van der Waals surface area contributed by atoms with Crippen LogP contribution in [0.3, 0.4) is 0 Å². The smallest absolute Gasteiger partial charge is 0.250 e. The zero-order valence-corrected chi connectivity index (χ0v) is 11.5. The van der Waals surface area contributed by atoms with Gasteiger partial charge in [-0.2, -0.15) is 0 Å². The van der Waals surface area contributed by atoms with Gasteiger partial charge in [0, 0.05) is 0 Å². The number of hydrogen-bond acceptors (Lipinski definition) is 4. The number of imidazole rings is 1. The number of para-hydroxylation sites is 1. The van der Waals surface area contributed by atoms with Gasteiger partial charge in [0.05, 0.1) is 20.8 Å². The molecule has 2 aromatic heterocycles. The van der Waals surface area contributed by atoms with Gasteiger partial charge in [-0.15, -0.1) is 11.3 Å². The first-order chi connectivity index (χ1) is 9.56. The number of carbonyl (C=O) groups is 2. The molecule has 0 spiro atoms. The molecule has 0 aliphatic carbocycles.